The first kappa shape index (κ1) is 13.7. The molecule has 0 atom stereocenters. The maximum atomic E-state index is 13.7. The lowest BCUT2D eigenvalue weighted by molar-refractivity contribution is 0.0690. The number of rotatable bonds is 2. The molecule has 1 heterocycles. The molecule has 1 aromatic carbocycles. The maximum absolute atomic E-state index is 13.7. The van der Waals surface area contributed by atoms with Crippen molar-refractivity contribution in [3.63, 3.8) is 0 Å². The summed E-state index contributed by atoms with van der Waals surface area (Å²) in [4.78, 5) is 13.2. The van der Waals surface area contributed by atoms with Gasteiger partial charge < -0.3 is 10.1 Å². The van der Waals surface area contributed by atoms with Gasteiger partial charge in [0.05, 0.1) is 4.88 Å². The minimum Gasteiger partial charge on any atom is -0.478 e. The van der Waals surface area contributed by atoms with E-state index in [1.807, 2.05) is 0 Å². The molecule has 0 unspecified atom stereocenters. The summed E-state index contributed by atoms with van der Waals surface area (Å²) >= 11 is 5.42. The fourth-order valence-corrected chi connectivity index (χ4v) is 2.53. The molecule has 0 saturated heterocycles. The standard InChI is InChI=1S/C10H3F4NO2S2/c11-5-3(2-1-15-10(18)19-2)4(9(16)17)6(12)8(14)7(5)13/h1H,(H,15,18)(H,16,17). The lowest BCUT2D eigenvalue weighted by Gasteiger charge is -2.08. The Kier molecular flexibility index (Phi) is 3.42. The first-order valence-corrected chi connectivity index (χ1v) is 5.85. The summed E-state index contributed by atoms with van der Waals surface area (Å²) in [5, 5.41) is 8.83. The normalized spacial score (nSPS) is 10.7. The predicted molar refractivity (Wildman–Crippen MR) is 61.7 cm³/mol. The monoisotopic (exact) mass is 309 g/mol. The molecule has 100 valence electrons. The van der Waals surface area contributed by atoms with Gasteiger partial charge in [0.25, 0.3) is 0 Å². The highest BCUT2D eigenvalue weighted by atomic mass is 32.1. The van der Waals surface area contributed by atoms with Gasteiger partial charge in [-0.15, -0.1) is 11.3 Å². The molecule has 0 spiro atoms. The Hall–Kier alpha value is -1.74. The van der Waals surface area contributed by atoms with Gasteiger partial charge in [-0.1, -0.05) is 0 Å². The first-order chi connectivity index (χ1) is 8.84. The van der Waals surface area contributed by atoms with Gasteiger partial charge in [-0.25, -0.2) is 22.4 Å². The maximum Gasteiger partial charge on any atom is 0.339 e. The zero-order valence-electron chi connectivity index (χ0n) is 8.76. The number of hydrogen-bond acceptors (Lipinski definition) is 3. The van der Waals surface area contributed by atoms with E-state index in [4.69, 9.17) is 17.3 Å². The second-order valence-corrected chi connectivity index (χ2v) is 5.07. The lowest BCUT2D eigenvalue weighted by atomic mass is 10.0. The van der Waals surface area contributed by atoms with Crippen molar-refractivity contribution in [3.05, 3.63) is 39.0 Å². The van der Waals surface area contributed by atoms with Crippen molar-refractivity contribution in [1.29, 1.82) is 0 Å². The molecule has 0 aliphatic heterocycles. The van der Waals surface area contributed by atoms with Gasteiger partial charge in [0, 0.05) is 11.8 Å². The highest BCUT2D eigenvalue weighted by Gasteiger charge is 2.30. The molecular formula is C10H3F4NO2S2. The van der Waals surface area contributed by atoms with E-state index in [-0.39, 0.29) is 8.83 Å². The Bertz CT molecular complexity index is 738. The number of hydrogen-bond donors (Lipinski definition) is 2. The van der Waals surface area contributed by atoms with E-state index >= 15 is 0 Å². The van der Waals surface area contributed by atoms with Crippen LogP contribution in [0.4, 0.5) is 17.6 Å². The smallest absolute Gasteiger partial charge is 0.339 e. The van der Waals surface area contributed by atoms with Crippen molar-refractivity contribution < 1.29 is 27.5 Å². The molecular weight excluding hydrogens is 306 g/mol. The van der Waals surface area contributed by atoms with Crippen LogP contribution in [-0.2, 0) is 0 Å². The predicted octanol–water partition coefficient (Wildman–Crippen LogP) is 3.73. The van der Waals surface area contributed by atoms with Crippen LogP contribution >= 0.6 is 23.6 Å². The number of halogens is 4. The largest absolute Gasteiger partial charge is 0.478 e. The number of aromatic carboxylic acids is 1. The molecule has 1 aromatic heterocycles. The molecule has 3 nitrogen and oxygen atoms in total. The fraction of sp³-hybridized carbons (Fsp3) is 0. The van der Waals surface area contributed by atoms with Crippen LogP contribution in [-0.4, -0.2) is 16.1 Å². The number of H-pyrrole nitrogens is 1. The number of aromatic nitrogens is 1. The summed E-state index contributed by atoms with van der Waals surface area (Å²) in [6.45, 7) is 0. The third-order valence-electron chi connectivity index (χ3n) is 2.25. The topological polar surface area (TPSA) is 53.1 Å². The summed E-state index contributed by atoms with van der Waals surface area (Å²) in [6.07, 6.45) is 1.09. The van der Waals surface area contributed by atoms with Crippen LogP contribution in [0.5, 0.6) is 0 Å². The third kappa shape index (κ3) is 2.15. The van der Waals surface area contributed by atoms with E-state index in [0.717, 1.165) is 6.20 Å². The molecule has 19 heavy (non-hydrogen) atoms. The Balaban J connectivity index is 2.93. The molecule has 0 fully saturated rings. The van der Waals surface area contributed by atoms with Gasteiger partial charge in [0.15, 0.2) is 27.2 Å². The number of aromatic amines is 1. The van der Waals surface area contributed by atoms with Gasteiger partial charge in [-0.3, -0.25) is 0 Å². The second-order valence-electron chi connectivity index (χ2n) is 3.35. The first-order valence-electron chi connectivity index (χ1n) is 4.62. The number of nitrogens with one attached hydrogen (secondary N) is 1. The Morgan fingerprint density at radius 1 is 1.16 bits per heavy atom. The number of carboxylic acid groups (broad SMARTS) is 1. The van der Waals surface area contributed by atoms with Gasteiger partial charge in [0.2, 0.25) is 0 Å². The Morgan fingerprint density at radius 3 is 2.21 bits per heavy atom. The van der Waals surface area contributed by atoms with Crippen LogP contribution in [0.3, 0.4) is 0 Å². The molecule has 0 amide bonds. The number of carboxylic acids is 1. The van der Waals surface area contributed by atoms with Crippen LogP contribution in [0.2, 0.25) is 0 Å². The van der Waals surface area contributed by atoms with Gasteiger partial charge in [-0.2, -0.15) is 0 Å². The molecule has 0 aliphatic rings. The van der Waals surface area contributed by atoms with Crippen LogP contribution in [0.15, 0.2) is 6.20 Å². The van der Waals surface area contributed by atoms with E-state index in [1.165, 1.54) is 0 Å². The highest BCUT2D eigenvalue weighted by molar-refractivity contribution is 7.73. The number of benzene rings is 1. The molecule has 0 aliphatic carbocycles. The van der Waals surface area contributed by atoms with Crippen molar-refractivity contribution >= 4 is 29.5 Å². The second kappa shape index (κ2) is 4.74. The van der Waals surface area contributed by atoms with Gasteiger partial charge in [-0.05, 0) is 12.2 Å². The van der Waals surface area contributed by atoms with Crippen LogP contribution in [0.1, 0.15) is 10.4 Å². The zero-order chi connectivity index (χ0) is 14.3. The third-order valence-corrected chi connectivity index (χ3v) is 3.46. The molecule has 9 heteroatoms. The van der Waals surface area contributed by atoms with Crippen molar-refractivity contribution in [2.75, 3.05) is 0 Å². The Labute approximate surface area is 112 Å². The van der Waals surface area contributed by atoms with E-state index in [2.05, 4.69) is 4.98 Å². The highest BCUT2D eigenvalue weighted by Crippen LogP contribution is 2.34. The average Bonchev–Trinajstić information content (AvgIpc) is 2.76. The molecule has 0 saturated carbocycles. The molecule has 2 rings (SSSR count). The van der Waals surface area contributed by atoms with E-state index in [9.17, 15) is 22.4 Å². The summed E-state index contributed by atoms with van der Waals surface area (Å²) in [5.41, 5.74) is -2.15. The summed E-state index contributed by atoms with van der Waals surface area (Å²) in [7, 11) is 0. The summed E-state index contributed by atoms with van der Waals surface area (Å²) in [5.74, 6) is -9.89. The zero-order valence-corrected chi connectivity index (χ0v) is 10.4. The number of carbonyl (C=O) groups is 1. The van der Waals surface area contributed by atoms with Crippen molar-refractivity contribution in [3.8, 4) is 10.4 Å². The number of thiazole rings is 1. The minimum absolute atomic E-state index is 0.141. The van der Waals surface area contributed by atoms with Crippen LogP contribution in [0, 0.1) is 27.2 Å². The van der Waals surface area contributed by atoms with Crippen molar-refractivity contribution in [2.24, 2.45) is 0 Å². The molecule has 0 radical (unpaired) electrons. The lowest BCUT2D eigenvalue weighted by Crippen LogP contribution is -2.10. The fourth-order valence-electron chi connectivity index (χ4n) is 1.47. The average molecular weight is 309 g/mol. The SMILES string of the molecule is O=C(O)c1c(F)c(F)c(F)c(F)c1-c1c[nH]c(=S)s1. The molecule has 0 bridgehead atoms. The molecule has 2 aromatic rings. The van der Waals surface area contributed by atoms with Gasteiger partial charge >= 0.3 is 5.97 Å². The van der Waals surface area contributed by atoms with Gasteiger partial charge in [0.1, 0.15) is 5.56 Å². The van der Waals surface area contributed by atoms with Crippen molar-refractivity contribution in [2.45, 2.75) is 0 Å². The van der Waals surface area contributed by atoms with Crippen molar-refractivity contribution in [1.82, 2.24) is 4.98 Å². The summed E-state index contributed by atoms with van der Waals surface area (Å²) in [6, 6.07) is 0. The van der Waals surface area contributed by atoms with E-state index in [0.29, 0.717) is 11.3 Å². The van der Waals surface area contributed by atoms with E-state index < -0.39 is 40.4 Å². The van der Waals surface area contributed by atoms with Crippen LogP contribution in [0.25, 0.3) is 10.4 Å². The molecule has 2 N–H and O–H groups in total. The quantitative estimate of drug-likeness (QED) is 0.385. The minimum atomic E-state index is -2.17. The van der Waals surface area contributed by atoms with E-state index in [1.54, 1.807) is 0 Å². The Morgan fingerprint density at radius 2 is 1.74 bits per heavy atom. The van der Waals surface area contributed by atoms with Crippen LogP contribution < -0.4 is 0 Å². The summed E-state index contributed by atoms with van der Waals surface area (Å²) < 4.78 is 53.5.